The lowest BCUT2D eigenvalue weighted by molar-refractivity contribution is 0.462. The summed E-state index contributed by atoms with van der Waals surface area (Å²) in [5.74, 6) is 0.161. The minimum atomic E-state index is -1.91. The summed E-state index contributed by atoms with van der Waals surface area (Å²) in [7, 11) is -1.91. The Morgan fingerprint density at radius 2 is 1.70 bits per heavy atom. The Morgan fingerprint density at radius 3 is 2.57 bits per heavy atom. The maximum Gasteiger partial charge on any atom is 0.597 e. The average molecular weight is 323 g/mol. The Bertz CT molecular complexity index is 1110. The molecule has 1 atom stereocenters. The molecule has 0 amide bonds. The summed E-state index contributed by atoms with van der Waals surface area (Å²) in [4.78, 5) is 0. The largest absolute Gasteiger partial charge is 0.597 e. The first-order valence-electron chi connectivity index (χ1n) is 7.04. The third-order valence-electron chi connectivity index (χ3n) is 3.84. The summed E-state index contributed by atoms with van der Waals surface area (Å²) >= 11 is 0. The third kappa shape index (κ3) is 2.24. The number of benzene rings is 3. The Balaban J connectivity index is 2.08. The fourth-order valence-electron chi connectivity index (χ4n) is 2.74. The fourth-order valence-corrected chi connectivity index (χ4v) is 3.78. The summed E-state index contributed by atoms with van der Waals surface area (Å²) in [6.07, 6.45) is 0. The van der Waals surface area contributed by atoms with E-state index in [1.54, 1.807) is 18.2 Å². The normalized spacial score (nSPS) is 11.9. The molecule has 4 aromatic rings. The first kappa shape index (κ1) is 13.8. The van der Waals surface area contributed by atoms with Crippen molar-refractivity contribution >= 4 is 29.1 Å². The minimum Gasteiger partial charge on any atom is -0.508 e. The molecule has 4 rings (SSSR count). The van der Waals surface area contributed by atoms with Crippen molar-refractivity contribution in [2.45, 2.75) is 0 Å². The Hall–Kier alpha value is -2.84. The number of phenolic OH excluding ortho intramolecular Hbond substituents is 2. The molecule has 0 bridgehead atoms. The average Bonchev–Trinajstić information content (AvgIpc) is 2.57. The monoisotopic (exact) mass is 323 g/mol. The maximum absolute atomic E-state index is 12.2. The zero-order valence-corrected chi connectivity index (χ0v) is 12.8. The van der Waals surface area contributed by atoms with E-state index in [-0.39, 0.29) is 11.5 Å². The van der Waals surface area contributed by atoms with E-state index < -0.39 is 7.65 Å². The van der Waals surface area contributed by atoms with Gasteiger partial charge in [0.25, 0.3) is 0 Å². The summed E-state index contributed by atoms with van der Waals surface area (Å²) in [6, 6.07) is 17.2. The lowest BCUT2D eigenvalue weighted by Crippen LogP contribution is -1.82. The van der Waals surface area contributed by atoms with Crippen LogP contribution >= 0.6 is 7.65 Å². The topological polar surface area (TPSA) is 70.7 Å². The standard InChI is InChI=1S/C18H11O4P/c19-12-6-7-16(20)14(10-12)11-5-8-17-15(9-11)13-3-1-2-4-18(13)23(21)22-17/h1-10H,(H-,19,20)/p+1. The lowest BCUT2D eigenvalue weighted by Gasteiger charge is -2.06. The molecule has 23 heavy (non-hydrogen) atoms. The zero-order chi connectivity index (χ0) is 16.0. The lowest BCUT2D eigenvalue weighted by atomic mass is 10.0. The van der Waals surface area contributed by atoms with E-state index in [1.807, 2.05) is 24.3 Å². The van der Waals surface area contributed by atoms with Gasteiger partial charge in [-0.3, -0.25) is 0 Å². The smallest absolute Gasteiger partial charge is 0.508 e. The molecule has 0 saturated heterocycles. The quantitative estimate of drug-likeness (QED) is 0.363. The highest BCUT2D eigenvalue weighted by Crippen LogP contribution is 2.39. The molecular weight excluding hydrogens is 311 g/mol. The molecule has 0 spiro atoms. The highest BCUT2D eigenvalue weighted by atomic mass is 31.1. The molecule has 3 aromatic carbocycles. The Kier molecular flexibility index (Phi) is 3.07. The predicted octanol–water partition coefficient (Wildman–Crippen LogP) is 5.41. The van der Waals surface area contributed by atoms with E-state index in [0.717, 1.165) is 16.3 Å². The second-order valence-corrected chi connectivity index (χ2v) is 6.46. The van der Waals surface area contributed by atoms with Crippen LogP contribution in [0.15, 0.2) is 64.9 Å². The van der Waals surface area contributed by atoms with Crippen LogP contribution in [-0.2, 0) is 4.57 Å². The molecule has 0 aliphatic carbocycles. The van der Waals surface area contributed by atoms with Gasteiger partial charge in [0, 0.05) is 16.3 Å². The van der Waals surface area contributed by atoms with Crippen LogP contribution in [0.25, 0.3) is 32.6 Å². The molecule has 2 N–H and O–H groups in total. The third-order valence-corrected chi connectivity index (χ3v) is 4.99. The van der Waals surface area contributed by atoms with Crippen molar-refractivity contribution in [1.29, 1.82) is 0 Å². The highest BCUT2D eigenvalue weighted by molar-refractivity contribution is 7.37. The van der Waals surface area contributed by atoms with Gasteiger partial charge in [0.2, 0.25) is 5.12 Å². The van der Waals surface area contributed by atoms with Gasteiger partial charge in [-0.05, 0) is 52.6 Å². The van der Waals surface area contributed by atoms with Gasteiger partial charge >= 0.3 is 7.65 Å². The van der Waals surface area contributed by atoms with Gasteiger partial charge < -0.3 is 10.2 Å². The number of fused-ring (bicyclic) bond motifs is 3. The van der Waals surface area contributed by atoms with Crippen LogP contribution in [0.5, 0.6) is 11.5 Å². The Labute approximate surface area is 132 Å². The molecule has 0 saturated carbocycles. The fraction of sp³-hybridized carbons (Fsp3) is 0. The van der Waals surface area contributed by atoms with Crippen LogP contribution < -0.4 is 0 Å². The summed E-state index contributed by atoms with van der Waals surface area (Å²) in [5, 5.41) is 22.0. The van der Waals surface area contributed by atoms with Crippen LogP contribution in [0.4, 0.5) is 0 Å². The van der Waals surface area contributed by atoms with Crippen LogP contribution in [0.2, 0.25) is 0 Å². The number of hydrogen-bond donors (Lipinski definition) is 2. The predicted molar refractivity (Wildman–Crippen MR) is 90.1 cm³/mol. The highest BCUT2D eigenvalue weighted by Gasteiger charge is 2.17. The first-order chi connectivity index (χ1) is 11.1. The van der Waals surface area contributed by atoms with E-state index in [1.165, 1.54) is 18.2 Å². The van der Waals surface area contributed by atoms with Crippen molar-refractivity contribution < 1.29 is 19.0 Å². The molecule has 1 aromatic heterocycles. The van der Waals surface area contributed by atoms with Crippen molar-refractivity contribution in [2.24, 2.45) is 0 Å². The van der Waals surface area contributed by atoms with Crippen molar-refractivity contribution in [3.05, 3.63) is 60.7 Å². The number of phenols is 2. The maximum atomic E-state index is 12.2. The van der Waals surface area contributed by atoms with Crippen molar-refractivity contribution in [1.82, 2.24) is 0 Å². The molecule has 1 heterocycles. The minimum absolute atomic E-state index is 0.0789. The molecule has 0 radical (unpaired) electrons. The summed E-state index contributed by atoms with van der Waals surface area (Å²) < 4.78 is 17.7. The molecule has 112 valence electrons. The van der Waals surface area contributed by atoms with E-state index in [4.69, 9.17) is 4.20 Å². The van der Waals surface area contributed by atoms with Crippen LogP contribution in [0.1, 0.15) is 0 Å². The van der Waals surface area contributed by atoms with Gasteiger partial charge in [-0.2, -0.15) is 0 Å². The molecule has 5 heteroatoms. The molecule has 0 aliphatic rings. The summed E-state index contributed by atoms with van der Waals surface area (Å²) in [6.45, 7) is 0. The van der Waals surface area contributed by atoms with Gasteiger partial charge in [0.05, 0.1) is 0 Å². The first-order valence-corrected chi connectivity index (χ1v) is 8.22. The number of hydrogen-bond acceptors (Lipinski definition) is 4. The molecule has 0 aliphatic heterocycles. The second kappa shape index (κ2) is 5.11. The molecule has 0 fully saturated rings. The zero-order valence-electron chi connectivity index (χ0n) is 11.9. The molecule has 1 unspecified atom stereocenters. The van der Waals surface area contributed by atoms with E-state index in [2.05, 4.69) is 0 Å². The Morgan fingerprint density at radius 1 is 0.870 bits per heavy atom. The van der Waals surface area contributed by atoms with Crippen LogP contribution in [0, 0.1) is 0 Å². The van der Waals surface area contributed by atoms with Gasteiger partial charge in [-0.15, -0.1) is 0 Å². The van der Waals surface area contributed by atoms with E-state index in [0.29, 0.717) is 16.3 Å². The van der Waals surface area contributed by atoms with Gasteiger partial charge in [-0.25, -0.2) is 4.20 Å². The SMILES string of the molecule is O=[p+]1oc2ccc(-c3cc(O)ccc3O)cc2c2ccccc21. The van der Waals surface area contributed by atoms with Gasteiger partial charge in [0.15, 0.2) is 5.58 Å². The van der Waals surface area contributed by atoms with Crippen molar-refractivity contribution in [3.63, 3.8) is 0 Å². The van der Waals surface area contributed by atoms with E-state index in [9.17, 15) is 14.8 Å². The van der Waals surface area contributed by atoms with E-state index >= 15 is 0 Å². The van der Waals surface area contributed by atoms with Crippen LogP contribution in [-0.4, -0.2) is 10.2 Å². The number of aromatic hydroxyl groups is 2. The molecular formula is C18H12O4P+. The van der Waals surface area contributed by atoms with Crippen molar-refractivity contribution in [2.75, 3.05) is 0 Å². The molecule has 4 nitrogen and oxygen atoms in total. The second-order valence-electron chi connectivity index (χ2n) is 5.28. The van der Waals surface area contributed by atoms with Crippen LogP contribution in [0.3, 0.4) is 0 Å². The van der Waals surface area contributed by atoms with Crippen molar-refractivity contribution in [3.8, 4) is 22.6 Å². The number of rotatable bonds is 1. The summed E-state index contributed by atoms with van der Waals surface area (Å²) in [5.41, 5.74) is 1.82. The van der Waals surface area contributed by atoms with Gasteiger partial charge in [0.1, 0.15) is 11.5 Å². The van der Waals surface area contributed by atoms with Gasteiger partial charge in [-0.1, -0.05) is 18.2 Å².